The summed E-state index contributed by atoms with van der Waals surface area (Å²) in [7, 11) is -3.85. The molecule has 0 bridgehead atoms. The number of pyridine rings is 1. The van der Waals surface area contributed by atoms with Gasteiger partial charge in [0.2, 0.25) is 10.0 Å². The van der Waals surface area contributed by atoms with Crippen LogP contribution in [0.4, 0.5) is 4.39 Å². The van der Waals surface area contributed by atoms with Crippen LogP contribution in [0.5, 0.6) is 0 Å². The minimum absolute atomic E-state index is 0.00266. The Kier molecular flexibility index (Phi) is 6.69. The molecule has 0 aliphatic carbocycles. The van der Waals surface area contributed by atoms with Crippen LogP contribution in [0, 0.1) is 5.82 Å². The van der Waals surface area contributed by atoms with Crippen molar-refractivity contribution in [1.29, 1.82) is 0 Å². The van der Waals surface area contributed by atoms with E-state index in [1.807, 2.05) is 30.3 Å². The monoisotopic (exact) mass is 472 g/mol. The van der Waals surface area contributed by atoms with Crippen molar-refractivity contribution in [3.8, 4) is 11.1 Å². The zero-order chi connectivity index (χ0) is 22.7. The largest absolute Gasteiger partial charge is 0.298 e. The number of Topliss-reactive ketones (excluding diaryl/α,β-unsaturated/α-hetero) is 1. The van der Waals surface area contributed by atoms with E-state index in [2.05, 4.69) is 4.98 Å². The molecule has 4 rings (SSSR count). The zero-order valence-corrected chi connectivity index (χ0v) is 18.8. The number of benzene rings is 2. The summed E-state index contributed by atoms with van der Waals surface area (Å²) in [5, 5.41) is 0.423. The van der Waals surface area contributed by atoms with Crippen LogP contribution in [0.3, 0.4) is 0 Å². The normalized spacial score (nSPS) is 16.9. The number of nitrogens with zero attached hydrogens (tertiary/aromatic N) is 2. The van der Waals surface area contributed by atoms with Gasteiger partial charge in [0.1, 0.15) is 11.0 Å². The second-order valence-electron chi connectivity index (χ2n) is 7.76. The number of sulfonamides is 1. The van der Waals surface area contributed by atoms with Crippen molar-refractivity contribution < 1.29 is 17.6 Å². The Morgan fingerprint density at radius 3 is 2.59 bits per heavy atom. The molecule has 32 heavy (non-hydrogen) atoms. The molecule has 2 aromatic carbocycles. The molecule has 1 saturated heterocycles. The number of aromatic nitrogens is 1. The average molecular weight is 473 g/mol. The Hall–Kier alpha value is -2.61. The summed E-state index contributed by atoms with van der Waals surface area (Å²) in [6, 6.07) is 15.5. The van der Waals surface area contributed by atoms with Crippen LogP contribution in [0.1, 0.15) is 24.8 Å². The number of aryl methyl sites for hydroxylation is 1. The lowest BCUT2D eigenvalue weighted by atomic mass is 9.99. The number of carbonyl (C=O) groups is 1. The number of carbonyl (C=O) groups excluding carboxylic acids is 1. The summed E-state index contributed by atoms with van der Waals surface area (Å²) in [6.45, 7) is 0.287. The van der Waals surface area contributed by atoms with Crippen LogP contribution in [0.15, 0.2) is 71.8 Å². The molecule has 1 aliphatic heterocycles. The first-order valence-electron chi connectivity index (χ1n) is 10.4. The summed E-state index contributed by atoms with van der Waals surface area (Å²) in [5.41, 5.74) is 2.88. The molecule has 8 heteroatoms. The van der Waals surface area contributed by atoms with Crippen molar-refractivity contribution in [2.45, 2.75) is 36.6 Å². The topological polar surface area (TPSA) is 67.3 Å². The van der Waals surface area contributed by atoms with Crippen molar-refractivity contribution in [1.82, 2.24) is 9.29 Å². The minimum Gasteiger partial charge on any atom is -0.298 e. The van der Waals surface area contributed by atoms with Crippen LogP contribution in [-0.4, -0.2) is 36.1 Å². The first-order valence-corrected chi connectivity index (χ1v) is 12.2. The predicted octanol–water partition coefficient (Wildman–Crippen LogP) is 4.90. The van der Waals surface area contributed by atoms with Gasteiger partial charge in [-0.3, -0.25) is 4.79 Å². The van der Waals surface area contributed by atoms with Gasteiger partial charge in [-0.2, -0.15) is 4.31 Å². The molecule has 0 amide bonds. The molecule has 166 valence electrons. The van der Waals surface area contributed by atoms with Crippen molar-refractivity contribution in [2.24, 2.45) is 0 Å². The Labute approximate surface area is 191 Å². The molecule has 0 spiro atoms. The number of hydrogen-bond donors (Lipinski definition) is 0. The predicted molar refractivity (Wildman–Crippen MR) is 121 cm³/mol. The van der Waals surface area contributed by atoms with Crippen molar-refractivity contribution in [3.05, 3.63) is 83.4 Å². The molecule has 5 nitrogen and oxygen atoms in total. The highest BCUT2D eigenvalue weighted by atomic mass is 35.5. The molecule has 1 atom stereocenters. The zero-order valence-electron chi connectivity index (χ0n) is 17.2. The van der Waals surface area contributed by atoms with E-state index in [0.717, 1.165) is 28.8 Å². The van der Waals surface area contributed by atoms with Gasteiger partial charge in [0.25, 0.3) is 0 Å². The number of hydrogen-bond acceptors (Lipinski definition) is 4. The molecule has 3 aromatic rings. The van der Waals surface area contributed by atoms with E-state index in [4.69, 9.17) is 11.6 Å². The maximum absolute atomic E-state index is 13.2. The molecule has 0 N–H and O–H groups in total. The third-order valence-electron chi connectivity index (χ3n) is 5.64. The first kappa shape index (κ1) is 22.6. The maximum atomic E-state index is 13.2. The van der Waals surface area contributed by atoms with E-state index in [-0.39, 0.29) is 23.6 Å². The third kappa shape index (κ3) is 4.90. The second-order valence-corrected chi connectivity index (χ2v) is 10.0. The molecular formula is C24H22ClFN2O3S. The van der Waals surface area contributed by atoms with Gasteiger partial charge in [-0.15, -0.1) is 0 Å². The van der Waals surface area contributed by atoms with Gasteiger partial charge in [0, 0.05) is 24.7 Å². The van der Waals surface area contributed by atoms with E-state index in [0.29, 0.717) is 24.4 Å². The second kappa shape index (κ2) is 9.48. The number of halogens is 2. The Balaban J connectivity index is 1.45. The van der Waals surface area contributed by atoms with Crippen molar-refractivity contribution in [2.75, 3.05) is 6.54 Å². The van der Waals surface area contributed by atoms with Crippen LogP contribution in [0.25, 0.3) is 11.1 Å². The van der Waals surface area contributed by atoms with Gasteiger partial charge in [0.15, 0.2) is 5.78 Å². The Morgan fingerprint density at radius 1 is 1.09 bits per heavy atom. The van der Waals surface area contributed by atoms with Crippen LogP contribution < -0.4 is 0 Å². The summed E-state index contributed by atoms with van der Waals surface area (Å²) < 4.78 is 40.5. The fraction of sp³-hybridized carbons (Fsp3) is 0.250. The molecule has 2 heterocycles. The number of ketones is 1. The highest BCUT2D eigenvalue weighted by Gasteiger charge is 2.38. The highest BCUT2D eigenvalue weighted by molar-refractivity contribution is 7.89. The van der Waals surface area contributed by atoms with E-state index < -0.39 is 21.9 Å². The Bertz CT molecular complexity index is 1210. The summed E-state index contributed by atoms with van der Waals surface area (Å²) >= 11 is 5.85. The summed E-state index contributed by atoms with van der Waals surface area (Å²) in [5.74, 6) is -0.610. The standard InChI is InChI=1S/C24H22ClFN2O3S/c25-24-13-7-19(16-27-24)18-4-1-3-17(15-18)6-12-23(29)22-5-2-14-28(22)32(30,31)21-10-8-20(26)9-11-21/h1,3-4,7-11,13,15-16,22H,2,5-6,12,14H2/t22-/m0/s1. The lowest BCUT2D eigenvalue weighted by Crippen LogP contribution is -2.40. The van der Waals surface area contributed by atoms with E-state index in [9.17, 15) is 17.6 Å². The van der Waals surface area contributed by atoms with Crippen LogP contribution in [-0.2, 0) is 21.2 Å². The maximum Gasteiger partial charge on any atom is 0.243 e. The van der Waals surface area contributed by atoms with Crippen LogP contribution >= 0.6 is 11.6 Å². The number of rotatable bonds is 7. The lowest BCUT2D eigenvalue weighted by molar-refractivity contribution is -0.122. The van der Waals surface area contributed by atoms with E-state index in [1.54, 1.807) is 12.3 Å². The van der Waals surface area contributed by atoms with E-state index in [1.165, 1.54) is 16.4 Å². The quantitative estimate of drug-likeness (QED) is 0.459. The summed E-state index contributed by atoms with van der Waals surface area (Å²) in [4.78, 5) is 17.1. The van der Waals surface area contributed by atoms with Crippen molar-refractivity contribution in [3.63, 3.8) is 0 Å². The van der Waals surface area contributed by atoms with E-state index >= 15 is 0 Å². The lowest BCUT2D eigenvalue weighted by Gasteiger charge is -2.23. The molecule has 1 aliphatic rings. The van der Waals surface area contributed by atoms with Gasteiger partial charge in [-0.1, -0.05) is 35.9 Å². The van der Waals surface area contributed by atoms with Gasteiger partial charge in [-0.05, 0) is 66.8 Å². The molecule has 1 fully saturated rings. The molecule has 0 radical (unpaired) electrons. The average Bonchev–Trinajstić information content (AvgIpc) is 3.30. The molecule has 0 saturated carbocycles. The van der Waals surface area contributed by atoms with Crippen molar-refractivity contribution >= 4 is 27.4 Å². The summed E-state index contributed by atoms with van der Waals surface area (Å²) in [6.07, 6.45) is 3.56. The Morgan fingerprint density at radius 2 is 1.88 bits per heavy atom. The van der Waals surface area contributed by atoms with Gasteiger partial charge < -0.3 is 0 Å². The smallest absolute Gasteiger partial charge is 0.243 e. The van der Waals surface area contributed by atoms with Gasteiger partial charge in [0.05, 0.1) is 10.9 Å². The highest BCUT2D eigenvalue weighted by Crippen LogP contribution is 2.28. The fourth-order valence-electron chi connectivity index (χ4n) is 3.98. The first-order chi connectivity index (χ1) is 15.3. The fourth-order valence-corrected chi connectivity index (χ4v) is 5.77. The van der Waals surface area contributed by atoms with Gasteiger partial charge >= 0.3 is 0 Å². The molecule has 0 unspecified atom stereocenters. The SMILES string of the molecule is O=C(CCc1cccc(-c2ccc(Cl)nc2)c1)[C@@H]1CCCN1S(=O)(=O)c1ccc(F)cc1. The third-order valence-corrected chi connectivity index (χ3v) is 7.79. The molecule has 1 aromatic heterocycles. The molecular weight excluding hydrogens is 451 g/mol. The minimum atomic E-state index is -3.85. The van der Waals surface area contributed by atoms with Crippen LogP contribution in [0.2, 0.25) is 5.15 Å². The van der Waals surface area contributed by atoms with Gasteiger partial charge in [-0.25, -0.2) is 17.8 Å².